The van der Waals surface area contributed by atoms with Gasteiger partial charge in [-0.25, -0.2) is 9.59 Å². The summed E-state index contributed by atoms with van der Waals surface area (Å²) in [6, 6.07) is 4.74. The predicted molar refractivity (Wildman–Crippen MR) is 67.3 cm³/mol. The van der Waals surface area contributed by atoms with Gasteiger partial charge in [0, 0.05) is 5.92 Å². The molecule has 0 saturated carbocycles. The van der Waals surface area contributed by atoms with Gasteiger partial charge in [-0.15, -0.1) is 6.58 Å². The fourth-order valence-corrected chi connectivity index (χ4v) is 1.44. The van der Waals surface area contributed by atoms with E-state index in [0.717, 1.165) is 11.5 Å². The second-order valence-corrected chi connectivity index (χ2v) is 3.67. The van der Waals surface area contributed by atoms with Crippen LogP contribution in [0.1, 0.15) is 33.2 Å². The van der Waals surface area contributed by atoms with Gasteiger partial charge >= 0.3 is 11.9 Å². The first-order valence-electron chi connectivity index (χ1n) is 5.31. The summed E-state index contributed by atoms with van der Waals surface area (Å²) in [5, 5.41) is 0. The van der Waals surface area contributed by atoms with Crippen molar-refractivity contribution in [1.29, 1.82) is 0 Å². The topological polar surface area (TPSA) is 52.6 Å². The van der Waals surface area contributed by atoms with Crippen LogP contribution in [0, 0.1) is 5.92 Å². The Hall–Kier alpha value is -2.10. The van der Waals surface area contributed by atoms with Crippen molar-refractivity contribution in [2.75, 3.05) is 14.2 Å². The zero-order chi connectivity index (χ0) is 13.7. The van der Waals surface area contributed by atoms with Crippen LogP contribution < -0.4 is 0 Å². The van der Waals surface area contributed by atoms with Crippen LogP contribution in [0.15, 0.2) is 30.9 Å². The molecule has 0 N–H and O–H groups in total. The first-order valence-corrected chi connectivity index (χ1v) is 5.31. The van der Waals surface area contributed by atoms with Crippen molar-refractivity contribution in [3.63, 3.8) is 0 Å². The third-order valence-corrected chi connectivity index (χ3v) is 2.54. The van der Waals surface area contributed by atoms with Crippen molar-refractivity contribution in [3.8, 4) is 0 Å². The van der Waals surface area contributed by atoms with Crippen molar-refractivity contribution < 1.29 is 19.1 Å². The number of ether oxygens (including phenoxy) is 2. The number of methoxy groups -OCH3 is 2. The van der Waals surface area contributed by atoms with Crippen LogP contribution in [-0.2, 0) is 9.47 Å². The standard InChI is InChI=1S/C14H15O4/c1-5-9(2)10-6-11(13(15)17-3)8-12(7-10)14(16)18-4/h5-8H,1H2,2-4H3. The lowest BCUT2D eigenvalue weighted by atomic mass is 9.96. The fraction of sp³-hybridized carbons (Fsp3) is 0.214. The summed E-state index contributed by atoms with van der Waals surface area (Å²) >= 11 is 0. The molecule has 0 unspecified atom stereocenters. The Balaban J connectivity index is 3.32. The number of hydrogen-bond donors (Lipinski definition) is 0. The molecular formula is C14H15O4. The normalized spacial score (nSPS) is 10.0. The minimum Gasteiger partial charge on any atom is -0.465 e. The number of allylic oxidation sites excluding steroid dienone is 1. The zero-order valence-corrected chi connectivity index (χ0v) is 10.6. The summed E-state index contributed by atoms with van der Waals surface area (Å²) in [7, 11) is 2.58. The molecule has 0 atom stereocenters. The highest BCUT2D eigenvalue weighted by atomic mass is 16.5. The van der Waals surface area contributed by atoms with Crippen LogP contribution in [0.25, 0.3) is 0 Å². The molecule has 0 aliphatic rings. The van der Waals surface area contributed by atoms with Gasteiger partial charge in [0.2, 0.25) is 0 Å². The van der Waals surface area contributed by atoms with Gasteiger partial charge in [-0.2, -0.15) is 0 Å². The molecular weight excluding hydrogens is 232 g/mol. The second-order valence-electron chi connectivity index (χ2n) is 3.67. The Morgan fingerprint density at radius 1 is 1.00 bits per heavy atom. The molecule has 0 spiro atoms. The molecule has 1 rings (SSSR count). The van der Waals surface area contributed by atoms with Gasteiger partial charge in [-0.05, 0) is 23.8 Å². The first kappa shape index (κ1) is 14.0. The first-order chi connectivity index (χ1) is 8.53. The lowest BCUT2D eigenvalue weighted by molar-refractivity contribution is 0.0599. The van der Waals surface area contributed by atoms with E-state index >= 15 is 0 Å². The van der Waals surface area contributed by atoms with Crippen LogP contribution in [0.3, 0.4) is 0 Å². The molecule has 4 nitrogen and oxygen atoms in total. The van der Waals surface area contributed by atoms with Crippen molar-refractivity contribution in [2.45, 2.75) is 6.92 Å². The molecule has 0 amide bonds. The van der Waals surface area contributed by atoms with E-state index < -0.39 is 11.9 Å². The highest BCUT2D eigenvalue weighted by Crippen LogP contribution is 2.20. The maximum atomic E-state index is 11.5. The summed E-state index contributed by atoms with van der Waals surface area (Å²) < 4.78 is 9.29. The van der Waals surface area contributed by atoms with Crippen molar-refractivity contribution >= 4 is 11.9 Å². The third kappa shape index (κ3) is 2.97. The van der Waals surface area contributed by atoms with E-state index in [-0.39, 0.29) is 0 Å². The number of esters is 2. The molecule has 0 aromatic heterocycles. The Morgan fingerprint density at radius 2 is 1.39 bits per heavy atom. The molecule has 0 aliphatic carbocycles. The molecule has 0 bridgehead atoms. The van der Waals surface area contributed by atoms with Crippen LogP contribution in [0.2, 0.25) is 0 Å². The van der Waals surface area contributed by atoms with E-state index in [0.29, 0.717) is 11.1 Å². The van der Waals surface area contributed by atoms with Crippen LogP contribution >= 0.6 is 0 Å². The second kappa shape index (κ2) is 6.00. The summed E-state index contributed by atoms with van der Waals surface area (Å²) in [6.45, 7) is 5.49. The van der Waals surface area contributed by atoms with Gasteiger partial charge < -0.3 is 9.47 Å². The largest absolute Gasteiger partial charge is 0.465 e. The van der Waals surface area contributed by atoms with Gasteiger partial charge in [0.05, 0.1) is 25.3 Å². The monoisotopic (exact) mass is 247 g/mol. The number of carbonyl (C=O) groups is 2. The summed E-state index contributed by atoms with van der Waals surface area (Å²) in [5.41, 5.74) is 1.33. The van der Waals surface area contributed by atoms with E-state index in [1.807, 2.05) is 6.92 Å². The average Bonchev–Trinajstić information content (AvgIpc) is 2.43. The molecule has 0 aliphatic heterocycles. The van der Waals surface area contributed by atoms with Crippen LogP contribution in [0.5, 0.6) is 0 Å². The summed E-state index contributed by atoms with van der Waals surface area (Å²) in [5.74, 6) is -0.149. The molecule has 95 valence electrons. The van der Waals surface area contributed by atoms with Gasteiger partial charge in [-0.1, -0.05) is 13.0 Å². The van der Waals surface area contributed by atoms with Gasteiger partial charge in [0.15, 0.2) is 0 Å². The Labute approximate surface area is 106 Å². The molecule has 0 heterocycles. The van der Waals surface area contributed by atoms with Crippen molar-refractivity contribution in [1.82, 2.24) is 0 Å². The minimum absolute atomic E-state index is 0.302. The van der Waals surface area contributed by atoms with E-state index in [9.17, 15) is 9.59 Å². The van der Waals surface area contributed by atoms with E-state index in [1.54, 1.807) is 18.2 Å². The molecule has 1 radical (unpaired) electrons. The molecule has 1 aromatic rings. The third-order valence-electron chi connectivity index (χ3n) is 2.54. The van der Waals surface area contributed by atoms with E-state index in [1.165, 1.54) is 20.3 Å². The Bertz CT molecular complexity index is 442. The molecule has 18 heavy (non-hydrogen) atoms. The van der Waals surface area contributed by atoms with Crippen molar-refractivity contribution in [2.24, 2.45) is 0 Å². The summed E-state index contributed by atoms with van der Waals surface area (Å²) in [4.78, 5) is 23.1. The molecule has 0 saturated heterocycles. The molecule has 0 fully saturated rings. The highest BCUT2D eigenvalue weighted by Gasteiger charge is 2.15. The Morgan fingerprint density at radius 3 is 1.72 bits per heavy atom. The number of carbonyl (C=O) groups excluding carboxylic acids is 2. The smallest absolute Gasteiger partial charge is 0.337 e. The van der Waals surface area contributed by atoms with Crippen molar-refractivity contribution in [3.05, 3.63) is 53.5 Å². The average molecular weight is 247 g/mol. The zero-order valence-electron chi connectivity index (χ0n) is 10.6. The molecule has 4 heteroatoms. The number of benzene rings is 1. The number of hydrogen-bond acceptors (Lipinski definition) is 4. The summed E-state index contributed by atoms with van der Waals surface area (Å²) in [6.07, 6.45) is 1.65. The fourth-order valence-electron chi connectivity index (χ4n) is 1.44. The van der Waals surface area contributed by atoms with Crippen LogP contribution in [0.4, 0.5) is 0 Å². The maximum Gasteiger partial charge on any atom is 0.337 e. The van der Waals surface area contributed by atoms with Crippen LogP contribution in [-0.4, -0.2) is 26.2 Å². The highest BCUT2D eigenvalue weighted by molar-refractivity contribution is 5.95. The van der Waals surface area contributed by atoms with E-state index in [2.05, 4.69) is 16.1 Å². The molecule has 1 aromatic carbocycles. The predicted octanol–water partition coefficient (Wildman–Crippen LogP) is 2.39. The lowest BCUT2D eigenvalue weighted by Gasteiger charge is -2.10. The SMILES string of the molecule is C=C[C](C)c1cc(C(=O)OC)cc(C(=O)OC)c1. The van der Waals surface area contributed by atoms with Gasteiger partial charge in [0.1, 0.15) is 0 Å². The maximum absolute atomic E-state index is 11.5. The minimum atomic E-state index is -0.501. The number of rotatable bonds is 4. The van der Waals surface area contributed by atoms with E-state index in [4.69, 9.17) is 0 Å². The quantitative estimate of drug-likeness (QED) is 0.766. The van der Waals surface area contributed by atoms with Gasteiger partial charge in [-0.3, -0.25) is 0 Å². The Kier molecular flexibility index (Phi) is 4.66. The van der Waals surface area contributed by atoms with Gasteiger partial charge in [0.25, 0.3) is 0 Å². The lowest BCUT2D eigenvalue weighted by Crippen LogP contribution is -2.08.